The second-order valence-electron chi connectivity index (χ2n) is 6.68. The molecule has 0 atom stereocenters. The monoisotopic (exact) mass is 578 g/mol. The molecule has 2 N–H and O–H groups in total. The molecule has 26 heavy (non-hydrogen) atoms. The molecule has 2 aromatic carbocycles. The van der Waals surface area contributed by atoms with Gasteiger partial charge in [-0.25, -0.2) is 5.43 Å². The molecule has 0 aliphatic rings. The highest BCUT2D eigenvalue weighted by molar-refractivity contribution is 14.1. The summed E-state index contributed by atoms with van der Waals surface area (Å²) in [6, 6.07) is 11.3. The number of benzene rings is 2. The Balaban J connectivity index is 1.88. The van der Waals surface area contributed by atoms with Gasteiger partial charge in [0.25, 0.3) is 5.91 Å². The molecule has 0 saturated heterocycles. The largest absolute Gasteiger partial charge is 0.506 e. The third-order valence-electron chi connectivity index (χ3n) is 3.54. The van der Waals surface area contributed by atoms with Crippen LogP contribution in [0.1, 0.15) is 31.9 Å². The van der Waals surface area contributed by atoms with E-state index in [4.69, 9.17) is 4.74 Å². The molecule has 138 valence electrons. The number of ether oxygens (including phenoxy) is 1. The van der Waals surface area contributed by atoms with Gasteiger partial charge in [-0.2, -0.15) is 5.10 Å². The van der Waals surface area contributed by atoms with E-state index < -0.39 is 0 Å². The molecule has 0 bridgehead atoms. The van der Waals surface area contributed by atoms with Gasteiger partial charge in [-0.3, -0.25) is 4.79 Å². The molecular formula is C19H20I2N2O3. The molecule has 0 aromatic heterocycles. The Morgan fingerprint density at radius 3 is 2.50 bits per heavy atom. The third kappa shape index (κ3) is 6.11. The second kappa shape index (κ2) is 9.03. The van der Waals surface area contributed by atoms with E-state index in [0.29, 0.717) is 11.3 Å². The van der Waals surface area contributed by atoms with E-state index in [9.17, 15) is 9.90 Å². The fraction of sp³-hybridized carbons (Fsp3) is 0.263. The highest BCUT2D eigenvalue weighted by Crippen LogP contribution is 2.26. The molecule has 7 heteroatoms. The highest BCUT2D eigenvalue weighted by Gasteiger charge is 2.13. The number of aromatic hydroxyl groups is 1. The number of phenols is 1. The predicted octanol–water partition coefficient (Wildman–Crippen LogP) is 4.43. The third-order valence-corrected chi connectivity index (χ3v) is 4.99. The number of carbonyl (C=O) groups is 1. The van der Waals surface area contributed by atoms with Crippen LogP contribution < -0.4 is 10.2 Å². The van der Waals surface area contributed by atoms with Gasteiger partial charge in [-0.05, 0) is 80.4 Å². The number of hydrazone groups is 1. The van der Waals surface area contributed by atoms with Gasteiger partial charge in [0.05, 0.1) is 9.78 Å². The number of carbonyl (C=O) groups excluding carboxylic acids is 1. The molecule has 0 fully saturated rings. The topological polar surface area (TPSA) is 70.9 Å². The summed E-state index contributed by atoms with van der Waals surface area (Å²) in [5, 5.41) is 13.9. The Morgan fingerprint density at radius 1 is 1.23 bits per heavy atom. The van der Waals surface area contributed by atoms with Gasteiger partial charge in [-0.1, -0.05) is 32.9 Å². The van der Waals surface area contributed by atoms with Crippen LogP contribution in [0.5, 0.6) is 11.5 Å². The summed E-state index contributed by atoms with van der Waals surface area (Å²) in [6.45, 7) is 6.28. The fourth-order valence-corrected chi connectivity index (χ4v) is 3.98. The number of hydrogen-bond acceptors (Lipinski definition) is 4. The lowest BCUT2D eigenvalue weighted by Gasteiger charge is -2.19. The Kier molecular flexibility index (Phi) is 7.27. The molecule has 0 heterocycles. The molecule has 0 aliphatic carbocycles. The maximum Gasteiger partial charge on any atom is 0.277 e. The van der Waals surface area contributed by atoms with Crippen molar-refractivity contribution in [3.05, 3.63) is 54.7 Å². The van der Waals surface area contributed by atoms with Crippen molar-refractivity contribution >= 4 is 57.3 Å². The summed E-state index contributed by atoms with van der Waals surface area (Å²) in [6.07, 6.45) is 1.41. The number of nitrogens with one attached hydrogen (secondary N) is 1. The SMILES string of the molecule is CC(C)(C)c1ccc(OCC(=O)NN=Cc2cc(I)cc(I)c2O)cc1. The van der Waals surface area contributed by atoms with E-state index in [1.54, 1.807) is 6.07 Å². The minimum Gasteiger partial charge on any atom is -0.506 e. The van der Waals surface area contributed by atoms with E-state index in [-0.39, 0.29) is 23.7 Å². The Labute approximate surface area is 180 Å². The molecule has 0 radical (unpaired) electrons. The lowest BCUT2D eigenvalue weighted by Crippen LogP contribution is -2.24. The molecule has 0 aliphatic heterocycles. The van der Waals surface area contributed by atoms with Gasteiger partial charge in [-0.15, -0.1) is 0 Å². The zero-order valence-corrected chi connectivity index (χ0v) is 19.0. The Hall–Kier alpha value is -1.36. The van der Waals surface area contributed by atoms with Crippen LogP contribution in [0.3, 0.4) is 0 Å². The average molecular weight is 578 g/mol. The predicted molar refractivity (Wildman–Crippen MR) is 120 cm³/mol. The van der Waals surface area contributed by atoms with Crippen LogP contribution in [0.25, 0.3) is 0 Å². The average Bonchev–Trinajstić information content (AvgIpc) is 2.57. The first-order chi connectivity index (χ1) is 12.2. The van der Waals surface area contributed by atoms with Crippen LogP contribution in [0.15, 0.2) is 41.5 Å². The molecule has 0 saturated carbocycles. The molecular weight excluding hydrogens is 558 g/mol. The molecule has 2 aromatic rings. The van der Waals surface area contributed by atoms with Crippen LogP contribution in [-0.4, -0.2) is 23.8 Å². The maximum absolute atomic E-state index is 11.8. The van der Waals surface area contributed by atoms with Crippen LogP contribution in [0.4, 0.5) is 0 Å². The fourth-order valence-electron chi connectivity index (χ4n) is 2.09. The normalized spacial score (nSPS) is 11.6. The number of amides is 1. The van der Waals surface area contributed by atoms with Gasteiger partial charge in [0.2, 0.25) is 0 Å². The summed E-state index contributed by atoms with van der Waals surface area (Å²) in [4.78, 5) is 11.8. The van der Waals surface area contributed by atoms with Gasteiger partial charge < -0.3 is 9.84 Å². The van der Waals surface area contributed by atoms with Crippen molar-refractivity contribution in [1.82, 2.24) is 5.43 Å². The van der Waals surface area contributed by atoms with Gasteiger partial charge >= 0.3 is 0 Å². The molecule has 5 nitrogen and oxygen atoms in total. The number of rotatable bonds is 5. The zero-order chi connectivity index (χ0) is 19.3. The summed E-state index contributed by atoms with van der Waals surface area (Å²) >= 11 is 4.20. The van der Waals surface area contributed by atoms with Crippen LogP contribution in [0.2, 0.25) is 0 Å². The summed E-state index contributed by atoms with van der Waals surface area (Å²) < 4.78 is 7.16. The van der Waals surface area contributed by atoms with Crippen molar-refractivity contribution in [3.63, 3.8) is 0 Å². The Bertz CT molecular complexity index is 813. The molecule has 0 spiro atoms. The second-order valence-corrected chi connectivity index (χ2v) is 9.09. The molecule has 0 unspecified atom stereocenters. The van der Waals surface area contributed by atoms with E-state index in [0.717, 1.165) is 7.14 Å². The van der Waals surface area contributed by atoms with E-state index in [1.165, 1.54) is 11.8 Å². The first kappa shape index (κ1) is 20.9. The van der Waals surface area contributed by atoms with Crippen molar-refractivity contribution in [2.75, 3.05) is 6.61 Å². The number of hydrogen-bond donors (Lipinski definition) is 2. The highest BCUT2D eigenvalue weighted by atomic mass is 127. The quantitative estimate of drug-likeness (QED) is 0.314. The first-order valence-electron chi connectivity index (χ1n) is 7.90. The van der Waals surface area contributed by atoms with Gasteiger partial charge in [0, 0.05) is 9.13 Å². The van der Waals surface area contributed by atoms with E-state index >= 15 is 0 Å². The lowest BCUT2D eigenvalue weighted by atomic mass is 9.87. The lowest BCUT2D eigenvalue weighted by molar-refractivity contribution is -0.123. The number of halogens is 2. The maximum atomic E-state index is 11.8. The van der Waals surface area contributed by atoms with Gasteiger partial charge in [0.1, 0.15) is 11.5 Å². The Morgan fingerprint density at radius 2 is 1.88 bits per heavy atom. The minimum atomic E-state index is -0.374. The van der Waals surface area contributed by atoms with Crippen molar-refractivity contribution in [2.24, 2.45) is 5.10 Å². The first-order valence-corrected chi connectivity index (χ1v) is 10.1. The standard InChI is InChI=1S/C19H20I2N2O3/c1-19(2,3)13-4-6-15(7-5-13)26-11-17(24)23-22-10-12-8-14(20)9-16(21)18(12)25/h4-10,25H,11H2,1-3H3,(H,23,24). The van der Waals surface area contributed by atoms with E-state index in [2.05, 4.69) is 53.9 Å². The zero-order valence-electron chi connectivity index (χ0n) is 14.7. The van der Waals surface area contributed by atoms with Crippen molar-refractivity contribution in [3.8, 4) is 11.5 Å². The van der Waals surface area contributed by atoms with E-state index in [1.807, 2.05) is 52.9 Å². The van der Waals surface area contributed by atoms with Crippen LogP contribution in [0, 0.1) is 7.14 Å². The number of nitrogens with zero attached hydrogens (tertiary/aromatic N) is 1. The van der Waals surface area contributed by atoms with Crippen LogP contribution in [-0.2, 0) is 10.2 Å². The van der Waals surface area contributed by atoms with Crippen molar-refractivity contribution in [2.45, 2.75) is 26.2 Å². The van der Waals surface area contributed by atoms with Crippen molar-refractivity contribution < 1.29 is 14.6 Å². The summed E-state index contributed by atoms with van der Waals surface area (Å²) in [7, 11) is 0. The number of phenolic OH excluding ortho intramolecular Hbond substituents is 1. The van der Waals surface area contributed by atoms with Crippen molar-refractivity contribution in [1.29, 1.82) is 0 Å². The molecule has 1 amide bonds. The smallest absolute Gasteiger partial charge is 0.277 e. The van der Waals surface area contributed by atoms with Crippen LogP contribution >= 0.6 is 45.2 Å². The molecule has 2 rings (SSSR count). The van der Waals surface area contributed by atoms with Gasteiger partial charge in [0.15, 0.2) is 6.61 Å². The minimum absolute atomic E-state index is 0.0727. The summed E-state index contributed by atoms with van der Waals surface area (Å²) in [5.74, 6) is 0.391. The summed E-state index contributed by atoms with van der Waals surface area (Å²) in [5.41, 5.74) is 4.21.